The number of imide groups is 2. The molecule has 0 saturated carbocycles. The minimum absolute atomic E-state index is 0.142. The van der Waals surface area contributed by atoms with Gasteiger partial charge in [-0.2, -0.15) is 26.3 Å². The first-order valence-electron chi connectivity index (χ1n) is 16.4. The molecule has 2 aromatic carbocycles. The molecule has 2 aromatic rings. The molecule has 54 heavy (non-hydrogen) atoms. The third kappa shape index (κ3) is 5.87. The molecule has 0 spiro atoms. The lowest BCUT2D eigenvalue weighted by molar-refractivity contribution is -0.151. The zero-order valence-corrected chi connectivity index (χ0v) is 28.1. The smallest absolute Gasteiger partial charge is 0.416 e. The molecule has 8 rings (SSSR count). The number of ether oxygens (including phenoxy) is 4. The Morgan fingerprint density at radius 2 is 1.02 bits per heavy atom. The largest absolute Gasteiger partial charge is 0.462 e. The van der Waals surface area contributed by atoms with Crippen molar-refractivity contribution in [1.29, 1.82) is 0 Å². The standard InChI is InChI=1S/2C18H14F3NO5/c2*1-9(23)26-8-17-6-5-12(27-17)13-14(17)16(25)22(15(13)24)11-4-2-3-10(7-11)18(19,20)21/h2*2-7,12-14H,8H2,1H3/t2*12?,13-,14+,17?/m10/s1. The molecule has 0 aliphatic carbocycles. The van der Waals surface area contributed by atoms with Crippen molar-refractivity contribution in [3.8, 4) is 0 Å². The van der Waals surface area contributed by atoms with Crippen LogP contribution in [0.2, 0.25) is 0 Å². The number of fused-ring (bicyclic) bond motifs is 10. The van der Waals surface area contributed by atoms with Crippen LogP contribution in [0.1, 0.15) is 25.0 Å². The van der Waals surface area contributed by atoms with E-state index in [-0.39, 0.29) is 24.6 Å². The van der Waals surface area contributed by atoms with Crippen LogP contribution < -0.4 is 9.80 Å². The summed E-state index contributed by atoms with van der Waals surface area (Å²) >= 11 is 0. The van der Waals surface area contributed by atoms with E-state index in [9.17, 15) is 55.1 Å². The van der Waals surface area contributed by atoms with Crippen LogP contribution in [0.25, 0.3) is 0 Å². The summed E-state index contributed by atoms with van der Waals surface area (Å²) in [6.07, 6.45) is -4.16. The van der Waals surface area contributed by atoms with E-state index >= 15 is 0 Å². The third-order valence-electron chi connectivity index (χ3n) is 10.2. The lowest BCUT2D eigenvalue weighted by atomic mass is 9.77. The molecule has 12 nitrogen and oxygen atoms in total. The Morgan fingerprint density at radius 1 is 0.648 bits per heavy atom. The fraction of sp³-hybridized carbons (Fsp3) is 0.389. The molecular weight excluding hydrogens is 734 g/mol. The van der Waals surface area contributed by atoms with Crippen LogP contribution in [0.15, 0.2) is 72.8 Å². The van der Waals surface area contributed by atoms with Crippen LogP contribution in [0.5, 0.6) is 0 Å². The summed E-state index contributed by atoms with van der Waals surface area (Å²) in [6, 6.07) is 8.12. The molecule has 4 bridgehead atoms. The summed E-state index contributed by atoms with van der Waals surface area (Å²) < 4.78 is 99.4. The summed E-state index contributed by atoms with van der Waals surface area (Å²) in [5, 5.41) is 0. The Balaban J connectivity index is 0.000000167. The van der Waals surface area contributed by atoms with Gasteiger partial charge in [0.15, 0.2) is 0 Å². The maximum atomic E-state index is 13.0. The second-order valence-corrected chi connectivity index (χ2v) is 13.5. The van der Waals surface area contributed by atoms with Crippen molar-refractivity contribution in [2.24, 2.45) is 23.7 Å². The quantitative estimate of drug-likeness (QED) is 0.182. The number of amides is 4. The van der Waals surface area contributed by atoms with Gasteiger partial charge in [0, 0.05) is 13.8 Å². The van der Waals surface area contributed by atoms with Gasteiger partial charge in [-0.25, -0.2) is 9.80 Å². The van der Waals surface area contributed by atoms with Gasteiger partial charge in [0.05, 0.1) is 58.4 Å². The minimum Gasteiger partial charge on any atom is -0.462 e. The van der Waals surface area contributed by atoms with Gasteiger partial charge in [0.1, 0.15) is 24.4 Å². The summed E-state index contributed by atoms with van der Waals surface area (Å²) in [7, 11) is 0. The van der Waals surface area contributed by atoms with E-state index in [0.717, 1.165) is 46.2 Å². The minimum atomic E-state index is -4.60. The second-order valence-electron chi connectivity index (χ2n) is 13.5. The maximum Gasteiger partial charge on any atom is 0.416 e. The first-order valence-corrected chi connectivity index (χ1v) is 16.4. The SMILES string of the molecule is CC(=O)OCC12C=CC(O1)[C@@H]1C(=O)N(c3cccc(C(F)(F)F)c3)C(=O)[C@@H]12.CC(=O)OCC12C=CC(O1)[C@H]1C(=O)N(c3cccc(C(F)(F)F)c3)C(=O)[C@H]12. The van der Waals surface area contributed by atoms with Gasteiger partial charge in [-0.1, -0.05) is 24.3 Å². The Hall–Kier alpha value is -5.36. The Morgan fingerprint density at radius 3 is 1.35 bits per heavy atom. The van der Waals surface area contributed by atoms with E-state index in [1.165, 1.54) is 26.0 Å². The molecule has 4 unspecified atom stereocenters. The molecule has 4 amide bonds. The molecular formula is C36H28F6N2O10. The van der Waals surface area contributed by atoms with Crippen molar-refractivity contribution >= 4 is 46.9 Å². The second kappa shape index (κ2) is 12.6. The van der Waals surface area contributed by atoms with Gasteiger partial charge in [-0.15, -0.1) is 0 Å². The monoisotopic (exact) mass is 762 g/mol. The normalized spacial score (nSPS) is 31.6. The third-order valence-corrected chi connectivity index (χ3v) is 10.2. The molecule has 0 radical (unpaired) electrons. The number of hydrogen-bond acceptors (Lipinski definition) is 10. The fourth-order valence-electron chi connectivity index (χ4n) is 7.92. The Labute approximate surface area is 301 Å². The Bertz CT molecular complexity index is 1900. The van der Waals surface area contributed by atoms with E-state index < -0.39 is 106 Å². The van der Waals surface area contributed by atoms with Crippen LogP contribution in [-0.2, 0) is 60.1 Å². The van der Waals surface area contributed by atoms with Crippen molar-refractivity contribution in [3.05, 3.63) is 84.0 Å². The molecule has 8 atom stereocenters. The van der Waals surface area contributed by atoms with Crippen LogP contribution in [0.4, 0.5) is 37.7 Å². The summed E-state index contributed by atoms with van der Waals surface area (Å²) in [6.45, 7) is 1.92. The molecule has 0 N–H and O–H groups in total. The summed E-state index contributed by atoms with van der Waals surface area (Å²) in [5.74, 6) is -7.32. The van der Waals surface area contributed by atoms with Crippen LogP contribution in [-0.4, -0.2) is 72.2 Å². The summed E-state index contributed by atoms with van der Waals surface area (Å²) in [5.41, 5.74) is -4.74. The maximum absolute atomic E-state index is 13.0. The number of hydrogen-bond donors (Lipinski definition) is 0. The highest BCUT2D eigenvalue weighted by molar-refractivity contribution is 6.24. The molecule has 284 valence electrons. The first-order chi connectivity index (χ1) is 25.3. The van der Waals surface area contributed by atoms with E-state index in [0.29, 0.717) is 0 Å². The van der Waals surface area contributed by atoms with Gasteiger partial charge in [0.2, 0.25) is 23.6 Å². The summed E-state index contributed by atoms with van der Waals surface area (Å²) in [4.78, 5) is 75.5. The molecule has 18 heteroatoms. The predicted octanol–water partition coefficient (Wildman–Crippen LogP) is 4.16. The highest BCUT2D eigenvalue weighted by Crippen LogP contribution is 2.54. The van der Waals surface area contributed by atoms with Crippen LogP contribution in [0, 0.1) is 23.7 Å². The number of carbonyl (C=O) groups excluding carboxylic acids is 6. The van der Waals surface area contributed by atoms with Gasteiger partial charge in [0.25, 0.3) is 0 Å². The highest BCUT2D eigenvalue weighted by atomic mass is 19.4. The molecule has 6 aliphatic heterocycles. The highest BCUT2D eigenvalue weighted by Gasteiger charge is 2.69. The lowest BCUT2D eigenvalue weighted by Crippen LogP contribution is -2.44. The molecule has 0 aromatic heterocycles. The van der Waals surface area contributed by atoms with Crippen molar-refractivity contribution in [2.45, 2.75) is 49.6 Å². The average Bonchev–Trinajstić information content (AvgIpc) is 3.94. The zero-order chi connectivity index (χ0) is 39.1. The fourth-order valence-corrected chi connectivity index (χ4v) is 7.92. The number of alkyl halides is 6. The molecule has 4 saturated heterocycles. The van der Waals surface area contributed by atoms with Crippen molar-refractivity contribution in [2.75, 3.05) is 23.0 Å². The molecule has 6 heterocycles. The van der Waals surface area contributed by atoms with Crippen molar-refractivity contribution in [3.63, 3.8) is 0 Å². The lowest BCUT2D eigenvalue weighted by Gasteiger charge is -2.28. The van der Waals surface area contributed by atoms with Crippen LogP contribution in [0.3, 0.4) is 0 Å². The topological polar surface area (TPSA) is 146 Å². The number of anilines is 2. The van der Waals surface area contributed by atoms with Crippen LogP contribution >= 0.6 is 0 Å². The van der Waals surface area contributed by atoms with Crippen molar-refractivity contribution in [1.82, 2.24) is 0 Å². The number of halogens is 6. The number of nitrogens with zero attached hydrogens (tertiary/aromatic N) is 2. The van der Waals surface area contributed by atoms with Gasteiger partial charge < -0.3 is 18.9 Å². The number of carbonyl (C=O) groups is 6. The van der Waals surface area contributed by atoms with E-state index in [4.69, 9.17) is 18.9 Å². The van der Waals surface area contributed by atoms with Crippen molar-refractivity contribution < 1.29 is 74.1 Å². The van der Waals surface area contributed by atoms with Gasteiger partial charge in [-0.3, -0.25) is 28.8 Å². The molecule has 4 fully saturated rings. The van der Waals surface area contributed by atoms with E-state index in [1.807, 2.05) is 0 Å². The number of esters is 2. The first kappa shape index (κ1) is 37.0. The average molecular weight is 763 g/mol. The van der Waals surface area contributed by atoms with Gasteiger partial charge in [-0.05, 0) is 48.6 Å². The van der Waals surface area contributed by atoms with E-state index in [1.54, 1.807) is 24.3 Å². The molecule has 6 aliphatic rings. The predicted molar refractivity (Wildman–Crippen MR) is 169 cm³/mol. The number of benzene rings is 2. The van der Waals surface area contributed by atoms with Gasteiger partial charge >= 0.3 is 24.3 Å². The van der Waals surface area contributed by atoms with E-state index in [2.05, 4.69) is 0 Å². The Kier molecular flexibility index (Phi) is 8.64. The number of rotatable bonds is 6. The zero-order valence-electron chi connectivity index (χ0n) is 28.1.